The average molecular weight is 357 g/mol. The van der Waals surface area contributed by atoms with Gasteiger partial charge in [-0.3, -0.25) is 9.69 Å². The highest BCUT2D eigenvalue weighted by molar-refractivity contribution is 5.78. The summed E-state index contributed by atoms with van der Waals surface area (Å²) in [6, 6.07) is 7.93. The number of hydrogen-bond acceptors (Lipinski definition) is 5. The Kier molecular flexibility index (Phi) is 5.90. The largest absolute Gasteiger partial charge is 0.497 e. The molecule has 1 N–H and O–H groups in total. The Morgan fingerprint density at radius 2 is 2.31 bits per heavy atom. The van der Waals surface area contributed by atoms with Crippen molar-refractivity contribution in [2.75, 3.05) is 40.3 Å². The first-order chi connectivity index (χ1) is 12.6. The fourth-order valence-corrected chi connectivity index (χ4v) is 3.32. The monoisotopic (exact) mass is 357 g/mol. The SMILES string of the molecule is COc1cccc(CN(C)C(=O)CN2CCNCC2c2nccn2C)c1. The second-order valence-corrected chi connectivity index (χ2v) is 6.69. The maximum atomic E-state index is 12.8. The molecule has 1 aliphatic heterocycles. The topological polar surface area (TPSA) is 62.6 Å². The molecule has 2 heterocycles. The minimum atomic E-state index is 0.105. The van der Waals surface area contributed by atoms with Gasteiger partial charge in [-0.05, 0) is 17.7 Å². The van der Waals surface area contributed by atoms with Crippen LogP contribution < -0.4 is 10.1 Å². The summed E-state index contributed by atoms with van der Waals surface area (Å²) in [5.41, 5.74) is 1.06. The highest BCUT2D eigenvalue weighted by atomic mass is 16.5. The van der Waals surface area contributed by atoms with Crippen molar-refractivity contribution in [3.05, 3.63) is 48.0 Å². The van der Waals surface area contributed by atoms with Gasteiger partial charge < -0.3 is 19.5 Å². The zero-order chi connectivity index (χ0) is 18.5. The number of likely N-dealkylation sites (N-methyl/N-ethyl adjacent to an activating group) is 1. The Morgan fingerprint density at radius 3 is 3.04 bits per heavy atom. The van der Waals surface area contributed by atoms with Gasteiger partial charge in [0.25, 0.3) is 0 Å². The standard InChI is InChI=1S/C19H27N5O2/c1-22-9-8-21-19(22)17-12-20-7-10-24(17)14-18(25)23(2)13-15-5-4-6-16(11-15)26-3/h4-6,8-9,11,17,20H,7,10,12-14H2,1-3H3. The van der Waals surface area contributed by atoms with E-state index in [2.05, 4.69) is 15.2 Å². The van der Waals surface area contributed by atoms with Crippen LogP contribution in [0.15, 0.2) is 36.7 Å². The van der Waals surface area contributed by atoms with Crippen LogP contribution in [0.3, 0.4) is 0 Å². The van der Waals surface area contributed by atoms with Gasteiger partial charge in [-0.25, -0.2) is 4.98 Å². The van der Waals surface area contributed by atoms with Crippen molar-refractivity contribution in [3.63, 3.8) is 0 Å². The predicted octanol–water partition coefficient (Wildman–Crippen LogP) is 1.03. The summed E-state index contributed by atoms with van der Waals surface area (Å²) in [4.78, 5) is 21.2. The molecule has 1 aromatic carbocycles. The number of nitrogens with zero attached hydrogens (tertiary/aromatic N) is 4. The molecule has 3 rings (SSSR count). The number of nitrogens with one attached hydrogen (secondary N) is 1. The number of benzene rings is 1. The van der Waals surface area contributed by atoms with Crippen LogP contribution >= 0.6 is 0 Å². The number of aromatic nitrogens is 2. The third-order valence-electron chi connectivity index (χ3n) is 4.83. The highest BCUT2D eigenvalue weighted by Crippen LogP contribution is 2.20. The molecule has 140 valence electrons. The van der Waals surface area contributed by atoms with E-state index in [-0.39, 0.29) is 11.9 Å². The summed E-state index contributed by atoms with van der Waals surface area (Å²) in [5.74, 6) is 1.90. The minimum absolute atomic E-state index is 0.105. The van der Waals surface area contributed by atoms with Gasteiger partial charge in [-0.15, -0.1) is 0 Å². The fraction of sp³-hybridized carbons (Fsp3) is 0.474. The van der Waals surface area contributed by atoms with Crippen LogP contribution in [0.25, 0.3) is 0 Å². The number of ether oxygens (including phenoxy) is 1. The van der Waals surface area contributed by atoms with E-state index >= 15 is 0 Å². The maximum absolute atomic E-state index is 12.8. The van der Waals surface area contributed by atoms with Crippen molar-refractivity contribution in [2.45, 2.75) is 12.6 Å². The second-order valence-electron chi connectivity index (χ2n) is 6.69. The molecular formula is C19H27N5O2. The van der Waals surface area contributed by atoms with Gasteiger partial charge in [-0.1, -0.05) is 12.1 Å². The molecule has 26 heavy (non-hydrogen) atoms. The number of carbonyl (C=O) groups excluding carboxylic acids is 1. The van der Waals surface area contributed by atoms with E-state index in [9.17, 15) is 4.79 Å². The smallest absolute Gasteiger partial charge is 0.236 e. The summed E-state index contributed by atoms with van der Waals surface area (Å²) in [6.45, 7) is 3.47. The summed E-state index contributed by atoms with van der Waals surface area (Å²) in [6.07, 6.45) is 3.75. The first-order valence-corrected chi connectivity index (χ1v) is 8.87. The lowest BCUT2D eigenvalue weighted by molar-refractivity contribution is -0.132. The number of hydrogen-bond donors (Lipinski definition) is 1. The van der Waals surface area contributed by atoms with Crippen molar-refractivity contribution < 1.29 is 9.53 Å². The van der Waals surface area contributed by atoms with Crippen molar-refractivity contribution in [2.24, 2.45) is 7.05 Å². The Balaban J connectivity index is 1.64. The van der Waals surface area contributed by atoms with Crippen LogP contribution in [-0.4, -0.2) is 65.6 Å². The number of imidazole rings is 1. The molecule has 0 radical (unpaired) electrons. The van der Waals surface area contributed by atoms with Crippen molar-refractivity contribution in [3.8, 4) is 5.75 Å². The summed E-state index contributed by atoms with van der Waals surface area (Å²) in [7, 11) is 5.49. The first kappa shape index (κ1) is 18.4. The minimum Gasteiger partial charge on any atom is -0.497 e. The zero-order valence-corrected chi connectivity index (χ0v) is 15.7. The molecule has 0 saturated carbocycles. The molecule has 7 nitrogen and oxygen atoms in total. The Hall–Kier alpha value is -2.38. The van der Waals surface area contributed by atoms with E-state index in [1.807, 2.05) is 49.1 Å². The van der Waals surface area contributed by atoms with Gasteiger partial charge in [0.05, 0.1) is 19.7 Å². The van der Waals surface area contributed by atoms with Gasteiger partial charge in [0.15, 0.2) is 0 Å². The van der Waals surface area contributed by atoms with E-state index in [1.165, 1.54) is 0 Å². The van der Waals surface area contributed by atoms with Gasteiger partial charge in [0.2, 0.25) is 5.91 Å². The fourth-order valence-electron chi connectivity index (χ4n) is 3.32. The van der Waals surface area contributed by atoms with Gasteiger partial charge in [-0.2, -0.15) is 0 Å². The Bertz CT molecular complexity index is 745. The first-order valence-electron chi connectivity index (χ1n) is 8.87. The third-order valence-corrected chi connectivity index (χ3v) is 4.83. The van der Waals surface area contributed by atoms with E-state index in [1.54, 1.807) is 18.2 Å². The van der Waals surface area contributed by atoms with Crippen LogP contribution in [0.5, 0.6) is 5.75 Å². The lowest BCUT2D eigenvalue weighted by Gasteiger charge is -2.36. The Morgan fingerprint density at radius 1 is 1.46 bits per heavy atom. The van der Waals surface area contributed by atoms with Crippen molar-refractivity contribution >= 4 is 5.91 Å². The van der Waals surface area contributed by atoms with Gasteiger partial charge >= 0.3 is 0 Å². The molecule has 1 aromatic heterocycles. The molecule has 1 amide bonds. The van der Waals surface area contributed by atoms with Crippen LogP contribution in [0, 0.1) is 0 Å². The number of carbonyl (C=O) groups is 1. The molecule has 0 spiro atoms. The lowest BCUT2D eigenvalue weighted by Crippen LogP contribution is -2.50. The highest BCUT2D eigenvalue weighted by Gasteiger charge is 2.28. The predicted molar refractivity (Wildman–Crippen MR) is 99.9 cm³/mol. The molecular weight excluding hydrogens is 330 g/mol. The molecule has 1 atom stereocenters. The maximum Gasteiger partial charge on any atom is 0.236 e. The summed E-state index contributed by atoms with van der Waals surface area (Å²) in [5, 5.41) is 3.40. The number of aryl methyl sites for hydroxylation is 1. The number of piperazine rings is 1. The lowest BCUT2D eigenvalue weighted by atomic mass is 10.1. The molecule has 1 aliphatic rings. The van der Waals surface area contributed by atoms with Gasteiger partial charge in [0.1, 0.15) is 11.6 Å². The van der Waals surface area contributed by atoms with Crippen LogP contribution in [0.4, 0.5) is 0 Å². The van der Waals surface area contributed by atoms with Crippen LogP contribution in [0.2, 0.25) is 0 Å². The normalized spacial score (nSPS) is 17.9. The Labute approximate surface area is 154 Å². The number of rotatable bonds is 6. The number of amides is 1. The number of methoxy groups -OCH3 is 1. The molecule has 0 bridgehead atoms. The molecule has 0 aliphatic carbocycles. The molecule has 1 unspecified atom stereocenters. The summed E-state index contributed by atoms with van der Waals surface area (Å²) < 4.78 is 7.28. The third kappa shape index (κ3) is 4.23. The van der Waals surface area contributed by atoms with Crippen LogP contribution in [-0.2, 0) is 18.4 Å². The second kappa shape index (κ2) is 8.33. The zero-order valence-electron chi connectivity index (χ0n) is 15.7. The molecule has 1 fully saturated rings. The molecule has 7 heteroatoms. The van der Waals surface area contributed by atoms with Crippen LogP contribution in [0.1, 0.15) is 17.4 Å². The van der Waals surface area contributed by atoms with Gasteiger partial charge in [0, 0.05) is 52.7 Å². The van der Waals surface area contributed by atoms with E-state index in [4.69, 9.17) is 4.74 Å². The van der Waals surface area contributed by atoms with E-state index < -0.39 is 0 Å². The summed E-state index contributed by atoms with van der Waals surface area (Å²) >= 11 is 0. The molecule has 1 saturated heterocycles. The van der Waals surface area contributed by atoms with E-state index in [0.29, 0.717) is 13.1 Å². The quantitative estimate of drug-likeness (QED) is 0.837. The average Bonchev–Trinajstić information content (AvgIpc) is 3.08. The molecule has 2 aromatic rings. The van der Waals surface area contributed by atoms with Crippen molar-refractivity contribution in [1.29, 1.82) is 0 Å². The van der Waals surface area contributed by atoms with Crippen molar-refractivity contribution in [1.82, 2.24) is 24.7 Å². The van der Waals surface area contributed by atoms with E-state index in [0.717, 1.165) is 36.8 Å².